The van der Waals surface area contributed by atoms with Crippen LogP contribution in [0.3, 0.4) is 0 Å². The largest absolute Gasteiger partial charge is 0.344 e. The lowest BCUT2D eigenvalue weighted by atomic mass is 9.82. The lowest BCUT2D eigenvalue weighted by Gasteiger charge is -2.38. The van der Waals surface area contributed by atoms with E-state index in [-0.39, 0.29) is 24.0 Å². The van der Waals surface area contributed by atoms with Crippen LogP contribution in [0.1, 0.15) is 110 Å². The van der Waals surface area contributed by atoms with Gasteiger partial charge in [-0.2, -0.15) is 0 Å². The van der Waals surface area contributed by atoms with Crippen LogP contribution < -0.4 is 26.8 Å². The summed E-state index contributed by atoms with van der Waals surface area (Å²) in [7, 11) is 0. The molecule has 2 unspecified atom stereocenters. The lowest BCUT2D eigenvalue weighted by Crippen LogP contribution is -2.63. The number of ketones is 1. The van der Waals surface area contributed by atoms with Gasteiger partial charge in [-0.05, 0) is 60.5 Å². The summed E-state index contributed by atoms with van der Waals surface area (Å²) in [6, 6.07) is 8.82. The van der Waals surface area contributed by atoms with E-state index < -0.39 is 81.9 Å². The van der Waals surface area contributed by atoms with E-state index in [1.54, 1.807) is 27.7 Å². The predicted octanol–water partition coefficient (Wildman–Crippen LogP) is 3.41. The highest BCUT2D eigenvalue weighted by atomic mass is 16.2. The summed E-state index contributed by atoms with van der Waals surface area (Å²) >= 11 is 0. The maximum atomic E-state index is 14.6. The van der Waals surface area contributed by atoms with Gasteiger partial charge in [-0.15, -0.1) is 0 Å². The van der Waals surface area contributed by atoms with Crippen LogP contribution in [0, 0.1) is 22.7 Å². The molecule has 2 fully saturated rings. The Morgan fingerprint density at radius 3 is 2.09 bits per heavy atom. The molecule has 4 rings (SSSR count). The van der Waals surface area contributed by atoms with Crippen molar-refractivity contribution in [3.05, 3.63) is 70.1 Å². The molecule has 1 aliphatic carbocycles. The van der Waals surface area contributed by atoms with Crippen molar-refractivity contribution >= 4 is 35.3 Å². The van der Waals surface area contributed by atoms with Gasteiger partial charge >= 0.3 is 0 Å². The molecule has 1 aromatic carbocycles. The molecule has 0 radical (unpaired) electrons. The fourth-order valence-corrected chi connectivity index (χ4v) is 7.44. The van der Waals surface area contributed by atoms with Crippen molar-refractivity contribution in [2.75, 3.05) is 6.54 Å². The van der Waals surface area contributed by atoms with Crippen LogP contribution in [0.2, 0.25) is 0 Å². The van der Waals surface area contributed by atoms with Crippen LogP contribution >= 0.6 is 0 Å². The summed E-state index contributed by atoms with van der Waals surface area (Å²) in [4.78, 5) is 98.4. The average Bonchev–Trinajstić information content (AvgIpc) is 3.70. The number of amides is 5. The van der Waals surface area contributed by atoms with Crippen LogP contribution in [0.5, 0.6) is 0 Å². The molecule has 7 atom stereocenters. The van der Waals surface area contributed by atoms with Gasteiger partial charge in [-0.3, -0.25) is 33.6 Å². The van der Waals surface area contributed by atoms with Gasteiger partial charge in [0.2, 0.25) is 29.1 Å². The quantitative estimate of drug-likeness (QED) is 0.195. The van der Waals surface area contributed by atoms with Crippen molar-refractivity contribution in [3.63, 3.8) is 0 Å². The van der Waals surface area contributed by atoms with Gasteiger partial charge in [0.05, 0.1) is 12.1 Å². The van der Waals surface area contributed by atoms with E-state index in [9.17, 15) is 33.6 Å². The molecule has 2 aromatic rings. The van der Waals surface area contributed by atoms with E-state index in [1.807, 2.05) is 58.0 Å². The molecule has 2 aliphatic rings. The van der Waals surface area contributed by atoms with Crippen LogP contribution in [0.15, 0.2) is 53.3 Å². The van der Waals surface area contributed by atoms with Gasteiger partial charge < -0.3 is 31.2 Å². The highest BCUT2D eigenvalue weighted by Gasteiger charge is 2.52. The smallest absolute Gasteiger partial charge is 0.290 e. The number of aromatic nitrogens is 1. The minimum atomic E-state index is -1.09. The monoisotopic (exact) mass is 732 g/mol. The number of nitrogens with one attached hydrogen (secondary N) is 5. The molecule has 1 aromatic heterocycles. The molecule has 53 heavy (non-hydrogen) atoms. The lowest BCUT2D eigenvalue weighted by molar-refractivity contribution is -0.146. The Balaban J connectivity index is 1.55. The van der Waals surface area contributed by atoms with Crippen LogP contribution in [0.4, 0.5) is 0 Å². The number of likely N-dealkylation sites (tertiary alicyclic amines) is 1. The Hall–Kier alpha value is -4.81. The molecular weight excluding hydrogens is 676 g/mol. The molecule has 13 heteroatoms. The van der Waals surface area contributed by atoms with Crippen LogP contribution in [0.25, 0.3) is 0 Å². The highest BCUT2D eigenvalue weighted by Crippen LogP contribution is 2.43. The van der Waals surface area contributed by atoms with Gasteiger partial charge in [0.1, 0.15) is 23.8 Å². The van der Waals surface area contributed by atoms with Crippen molar-refractivity contribution in [2.45, 2.75) is 118 Å². The van der Waals surface area contributed by atoms with Crippen molar-refractivity contribution in [3.8, 4) is 0 Å². The van der Waals surface area contributed by atoms with Crippen LogP contribution in [-0.2, 0) is 24.0 Å². The SMILES string of the molecule is CCC[C@H](NC(=O)[C@@H]1C2CCCC2CN1C(=O)[C@@H](NC(=O)[C@@H](NC(=O)c1cccc(=O)[nH]1)C(C)(C)C)C(C)(C)C)C(=O)C(=O)N[C@@H](C)c1ccccc1. The van der Waals surface area contributed by atoms with Gasteiger partial charge in [-0.1, -0.05) is 97.7 Å². The molecule has 5 N–H and O–H groups in total. The number of hydrogen-bond acceptors (Lipinski definition) is 7. The second-order valence-electron chi connectivity index (χ2n) is 16.6. The van der Waals surface area contributed by atoms with E-state index in [4.69, 9.17) is 0 Å². The molecule has 5 amide bonds. The van der Waals surface area contributed by atoms with E-state index >= 15 is 0 Å². The first-order chi connectivity index (χ1) is 24.8. The summed E-state index contributed by atoms with van der Waals surface area (Å²) in [6.07, 6.45) is 3.23. The third-order valence-electron chi connectivity index (χ3n) is 10.3. The van der Waals surface area contributed by atoms with Crippen molar-refractivity contribution in [2.24, 2.45) is 22.7 Å². The van der Waals surface area contributed by atoms with Gasteiger partial charge in [0.25, 0.3) is 11.8 Å². The van der Waals surface area contributed by atoms with E-state index in [1.165, 1.54) is 23.1 Å². The minimum absolute atomic E-state index is 0.0106. The first-order valence-corrected chi connectivity index (χ1v) is 18.6. The molecule has 1 saturated carbocycles. The Kier molecular flexibility index (Phi) is 13.1. The molecule has 288 valence electrons. The van der Waals surface area contributed by atoms with E-state index in [0.717, 1.165) is 24.8 Å². The molecular formula is C40H56N6O7. The van der Waals surface area contributed by atoms with Crippen LogP contribution in [-0.4, -0.2) is 75.9 Å². The molecule has 13 nitrogen and oxygen atoms in total. The molecule has 0 bridgehead atoms. The minimum Gasteiger partial charge on any atom is -0.344 e. The second-order valence-corrected chi connectivity index (χ2v) is 16.6. The number of pyridine rings is 1. The number of Topliss-reactive ketones (excluding diaryl/α,β-unsaturated/α-hetero) is 1. The predicted molar refractivity (Wildman–Crippen MR) is 200 cm³/mol. The molecule has 0 spiro atoms. The Labute approximate surface area is 311 Å². The first kappa shape index (κ1) is 41.0. The summed E-state index contributed by atoms with van der Waals surface area (Å²) < 4.78 is 0. The number of H-pyrrole nitrogens is 1. The Morgan fingerprint density at radius 2 is 1.49 bits per heavy atom. The number of rotatable bonds is 13. The van der Waals surface area contributed by atoms with E-state index in [2.05, 4.69) is 26.3 Å². The van der Waals surface area contributed by atoms with Crippen molar-refractivity contribution in [1.29, 1.82) is 0 Å². The Bertz CT molecular complexity index is 1730. The fraction of sp³-hybridized carbons (Fsp3) is 0.575. The summed E-state index contributed by atoms with van der Waals surface area (Å²) in [6.45, 7) is 14.7. The third kappa shape index (κ3) is 10.00. The second kappa shape index (κ2) is 16.9. The fourth-order valence-electron chi connectivity index (χ4n) is 7.44. The highest BCUT2D eigenvalue weighted by molar-refractivity contribution is 6.38. The standard InChI is InChI=1S/C40H56N6O7/c1-9-15-27(31(48)36(51)41-23(2)24-16-11-10-12-17-24)43-35(50)30-26-19-13-18-25(26)22-46(30)38(53)33(40(6,7)8)45-37(52)32(39(3,4)5)44-34(49)28-20-14-21-29(47)42-28/h10-12,14,16-17,20-21,23,25-27,30,32-33H,9,13,15,18-19,22H2,1-8H3,(H,41,51)(H,42,47)(H,43,50)(H,44,49)(H,45,52)/t23-,25?,26?,27-,30-,32+,33+/m0/s1. The maximum absolute atomic E-state index is 14.6. The third-order valence-corrected chi connectivity index (χ3v) is 10.3. The zero-order chi connectivity index (χ0) is 39.2. The van der Waals surface area contributed by atoms with Gasteiger partial charge in [-0.25, -0.2) is 0 Å². The average molecular weight is 733 g/mol. The number of nitrogens with zero attached hydrogens (tertiary/aromatic N) is 1. The number of hydrogen-bond donors (Lipinski definition) is 5. The zero-order valence-corrected chi connectivity index (χ0v) is 32.2. The summed E-state index contributed by atoms with van der Waals surface area (Å²) in [5.74, 6) is -3.82. The zero-order valence-electron chi connectivity index (χ0n) is 32.2. The summed E-state index contributed by atoms with van der Waals surface area (Å²) in [5, 5.41) is 11.2. The topological polar surface area (TPSA) is 187 Å². The number of fused-ring (bicyclic) bond motifs is 1. The summed E-state index contributed by atoms with van der Waals surface area (Å²) in [5.41, 5.74) is -1.24. The molecule has 1 saturated heterocycles. The van der Waals surface area contributed by atoms with Crippen molar-refractivity contribution < 1.29 is 28.8 Å². The number of carbonyl (C=O) groups excluding carboxylic acids is 6. The van der Waals surface area contributed by atoms with Gasteiger partial charge in [0.15, 0.2) is 0 Å². The number of aromatic amines is 1. The van der Waals surface area contributed by atoms with Crippen molar-refractivity contribution in [1.82, 2.24) is 31.2 Å². The van der Waals surface area contributed by atoms with E-state index in [0.29, 0.717) is 13.0 Å². The Morgan fingerprint density at radius 1 is 0.830 bits per heavy atom. The van der Waals surface area contributed by atoms with Gasteiger partial charge in [0, 0.05) is 12.6 Å². The molecule has 1 aliphatic heterocycles. The first-order valence-electron chi connectivity index (χ1n) is 18.6. The molecule has 2 heterocycles. The number of carbonyl (C=O) groups is 6. The normalized spacial score (nSPS) is 20.7. The maximum Gasteiger partial charge on any atom is 0.290 e. The number of benzene rings is 1.